The Kier molecular flexibility index (Phi) is 5.48. The van der Waals surface area contributed by atoms with Gasteiger partial charge in [-0.25, -0.2) is 4.52 Å². The van der Waals surface area contributed by atoms with Crippen molar-refractivity contribution in [2.45, 2.75) is 39.6 Å². The van der Waals surface area contributed by atoms with E-state index in [1.165, 1.54) is 0 Å². The molecule has 6 rings (SSSR count). The molecule has 0 saturated heterocycles. The van der Waals surface area contributed by atoms with Crippen LogP contribution in [0.5, 0.6) is 11.6 Å². The van der Waals surface area contributed by atoms with Crippen molar-refractivity contribution >= 4 is 22.9 Å². The third-order valence-corrected chi connectivity index (χ3v) is 3.78. The summed E-state index contributed by atoms with van der Waals surface area (Å²) >= 11 is 0. The summed E-state index contributed by atoms with van der Waals surface area (Å²) in [5.74, 6) is 0.668. The molecule has 4 bridgehead atoms. The minimum Gasteiger partial charge on any atom is -0.489 e. The molecule has 0 unspecified atom stereocenters. The molecule has 0 aliphatic rings. The van der Waals surface area contributed by atoms with Crippen LogP contribution >= 0.6 is 0 Å². The third kappa shape index (κ3) is 4.39. The fourth-order valence-corrected chi connectivity index (χ4v) is 2.60. The van der Waals surface area contributed by atoms with Gasteiger partial charge in [0.15, 0.2) is 0 Å². The minimum absolute atomic E-state index is 0.0235. The van der Waals surface area contributed by atoms with Gasteiger partial charge in [0.25, 0.3) is 6.47 Å². The van der Waals surface area contributed by atoms with E-state index in [1.807, 2.05) is 51.1 Å². The Bertz CT molecular complexity index is 979. The van der Waals surface area contributed by atoms with Crippen LogP contribution in [0, 0.1) is 0 Å². The Morgan fingerprint density at radius 1 is 1.14 bits per heavy atom. The summed E-state index contributed by atoms with van der Waals surface area (Å²) in [5, 5.41) is 4.57. The average molecular weight is 390 g/mol. The number of aromatic nitrogens is 2. The van der Waals surface area contributed by atoms with E-state index in [0.717, 1.165) is 16.6 Å². The molecular weight excluding hydrogens is 370 g/mol. The second kappa shape index (κ2) is 7.84. The average Bonchev–Trinajstić information content (AvgIpc) is 3.17. The minimum atomic E-state index is -2.86. The van der Waals surface area contributed by atoms with Crippen molar-refractivity contribution in [1.82, 2.24) is 9.61 Å². The predicted octanol–water partition coefficient (Wildman–Crippen LogP) is 4.50. The fraction of sp³-hybridized carbons (Fsp3) is 0.300. The Morgan fingerprint density at radius 3 is 2.29 bits per heavy atom. The Balaban J connectivity index is 0.000000279. The molecule has 148 valence electrons. The monoisotopic (exact) mass is 390 g/mol. The van der Waals surface area contributed by atoms with E-state index >= 15 is 0 Å². The third-order valence-electron chi connectivity index (χ3n) is 3.78. The summed E-state index contributed by atoms with van der Waals surface area (Å²) in [5.41, 5.74) is 2.23. The van der Waals surface area contributed by atoms with Crippen LogP contribution in [0.3, 0.4) is 0 Å². The van der Waals surface area contributed by atoms with Crippen LogP contribution < -0.4 is 9.47 Å². The number of fused-ring (bicyclic) bond motifs is 3. The molecule has 4 aromatic heterocycles. The second-order valence-electron chi connectivity index (χ2n) is 7.03. The molecule has 8 heteroatoms. The Morgan fingerprint density at radius 2 is 1.79 bits per heavy atom. The number of hydrogen-bond donors (Lipinski definition) is 0. The van der Waals surface area contributed by atoms with Crippen LogP contribution in [0.1, 0.15) is 26.3 Å². The standard InChI is InChI=1S/C15H10F2N2O2.C5H10O2/c16-15(17)21-14-13-11-6-10(7-12(13)19(11)18-14)20-8-9-4-2-1-3-5-9;1-5(2,3)7-4-6/h1-7,15H,8H2;4H,1-3H3. The van der Waals surface area contributed by atoms with Crippen molar-refractivity contribution in [2.75, 3.05) is 0 Å². The molecule has 0 saturated carbocycles. The van der Waals surface area contributed by atoms with Gasteiger partial charge < -0.3 is 14.2 Å². The molecule has 0 atom stereocenters. The number of pyridine rings is 1. The second-order valence-corrected chi connectivity index (χ2v) is 7.03. The van der Waals surface area contributed by atoms with Crippen LogP contribution in [-0.4, -0.2) is 28.3 Å². The van der Waals surface area contributed by atoms with Gasteiger partial charge in [-0.15, -0.1) is 5.10 Å². The lowest BCUT2D eigenvalue weighted by Crippen LogP contribution is -2.17. The highest BCUT2D eigenvalue weighted by Crippen LogP contribution is 2.40. The normalized spacial score (nSPS) is 11.6. The van der Waals surface area contributed by atoms with Gasteiger partial charge in [-0.3, -0.25) is 4.79 Å². The van der Waals surface area contributed by atoms with Gasteiger partial charge in [0.2, 0.25) is 5.88 Å². The predicted molar refractivity (Wildman–Crippen MR) is 99.4 cm³/mol. The first-order valence-electron chi connectivity index (χ1n) is 8.58. The molecule has 2 aromatic carbocycles. The summed E-state index contributed by atoms with van der Waals surface area (Å²) in [6, 6.07) is 13.3. The first-order valence-corrected chi connectivity index (χ1v) is 8.58. The van der Waals surface area contributed by atoms with E-state index in [9.17, 15) is 13.6 Å². The van der Waals surface area contributed by atoms with Crippen molar-refractivity contribution in [3.63, 3.8) is 0 Å². The smallest absolute Gasteiger partial charge is 0.388 e. The summed E-state index contributed by atoms with van der Waals surface area (Å²) in [6.07, 6.45) is 0. The van der Waals surface area contributed by atoms with E-state index < -0.39 is 6.61 Å². The van der Waals surface area contributed by atoms with Crippen LogP contribution in [0.4, 0.5) is 8.78 Å². The number of alkyl halides is 2. The number of hydrogen-bond acceptors (Lipinski definition) is 5. The Labute approximate surface area is 160 Å². The zero-order valence-corrected chi connectivity index (χ0v) is 15.7. The quantitative estimate of drug-likeness (QED) is 0.454. The molecule has 0 aliphatic heterocycles. The van der Waals surface area contributed by atoms with Gasteiger partial charge in [0, 0.05) is 12.1 Å². The zero-order chi connectivity index (χ0) is 20.3. The van der Waals surface area contributed by atoms with Crippen molar-refractivity contribution in [2.24, 2.45) is 0 Å². The van der Waals surface area contributed by atoms with Crippen molar-refractivity contribution in [3.8, 4) is 11.6 Å². The van der Waals surface area contributed by atoms with E-state index in [-0.39, 0.29) is 11.5 Å². The van der Waals surface area contributed by atoms with E-state index in [4.69, 9.17) is 4.74 Å². The topological polar surface area (TPSA) is 62.1 Å². The van der Waals surface area contributed by atoms with Crippen LogP contribution in [0.25, 0.3) is 16.4 Å². The van der Waals surface area contributed by atoms with Crippen LogP contribution in [-0.2, 0) is 16.1 Å². The largest absolute Gasteiger partial charge is 0.489 e. The highest BCUT2D eigenvalue weighted by atomic mass is 19.3. The molecule has 0 radical (unpaired) electrons. The summed E-state index contributed by atoms with van der Waals surface area (Å²) in [7, 11) is 0. The lowest BCUT2D eigenvalue weighted by Gasteiger charge is -2.14. The van der Waals surface area contributed by atoms with Gasteiger partial charge in [-0.05, 0) is 26.3 Å². The van der Waals surface area contributed by atoms with Crippen molar-refractivity contribution in [1.29, 1.82) is 0 Å². The summed E-state index contributed by atoms with van der Waals surface area (Å²) in [6.45, 7) is 3.52. The van der Waals surface area contributed by atoms with Crippen molar-refractivity contribution in [3.05, 3.63) is 48.0 Å². The van der Waals surface area contributed by atoms with Gasteiger partial charge in [-0.1, -0.05) is 30.3 Å². The molecule has 0 amide bonds. The highest BCUT2D eigenvalue weighted by molar-refractivity contribution is 6.07. The molecule has 0 aliphatic carbocycles. The molecule has 0 N–H and O–H groups in total. The molecular formula is C20H20F2N2O4. The first kappa shape index (κ1) is 19.6. The van der Waals surface area contributed by atoms with Gasteiger partial charge in [-0.2, -0.15) is 8.78 Å². The maximum absolute atomic E-state index is 12.2. The van der Waals surface area contributed by atoms with E-state index in [1.54, 1.807) is 16.6 Å². The van der Waals surface area contributed by atoms with E-state index in [2.05, 4.69) is 14.6 Å². The van der Waals surface area contributed by atoms with Gasteiger partial charge in [0.05, 0.1) is 16.4 Å². The SMILES string of the molecule is CC(C)(C)OC=O.FC(F)Oc1nn2c3cc(OCc4ccccc4)cc2c13. The maximum atomic E-state index is 12.2. The molecule has 6 nitrogen and oxygen atoms in total. The molecule has 4 heterocycles. The van der Waals surface area contributed by atoms with Crippen LogP contribution in [0.2, 0.25) is 0 Å². The number of carbonyl (C=O) groups is 1. The highest BCUT2D eigenvalue weighted by Gasteiger charge is 2.25. The number of nitrogens with zero attached hydrogens (tertiary/aromatic N) is 2. The number of rotatable bonds is 6. The van der Waals surface area contributed by atoms with Crippen molar-refractivity contribution < 1.29 is 27.8 Å². The number of benzene rings is 2. The number of halogens is 2. The van der Waals surface area contributed by atoms with E-state index in [0.29, 0.717) is 24.2 Å². The Hall–Kier alpha value is -3.16. The zero-order valence-electron chi connectivity index (χ0n) is 15.7. The molecule has 6 aromatic rings. The lowest BCUT2D eigenvalue weighted by atomic mass is 10.1. The summed E-state index contributed by atoms with van der Waals surface area (Å²) < 4.78 is 40.7. The van der Waals surface area contributed by atoms with Gasteiger partial charge in [0.1, 0.15) is 18.0 Å². The van der Waals surface area contributed by atoms with Crippen LogP contribution in [0.15, 0.2) is 42.5 Å². The number of carbonyl (C=O) groups excluding carboxylic acids is 1. The maximum Gasteiger partial charge on any atom is 0.388 e. The fourth-order valence-electron chi connectivity index (χ4n) is 2.60. The lowest BCUT2D eigenvalue weighted by molar-refractivity contribution is -0.138. The first-order chi connectivity index (χ1) is 13.3. The molecule has 28 heavy (non-hydrogen) atoms. The summed E-state index contributed by atoms with van der Waals surface area (Å²) in [4.78, 5) is 9.60. The molecule has 0 spiro atoms. The van der Waals surface area contributed by atoms with Gasteiger partial charge >= 0.3 is 6.61 Å². The number of ether oxygens (including phenoxy) is 3. The molecule has 0 fully saturated rings.